The van der Waals surface area contributed by atoms with Crippen LogP contribution in [0.15, 0.2) is 83.8 Å². The van der Waals surface area contributed by atoms with Crippen molar-refractivity contribution in [2.75, 3.05) is 17.1 Å². The molecule has 4 rings (SSSR count). The van der Waals surface area contributed by atoms with Crippen LogP contribution in [0.2, 0.25) is 0 Å². The minimum absolute atomic E-state index is 0.169. The fourth-order valence-corrected chi connectivity index (χ4v) is 6.07. The van der Waals surface area contributed by atoms with E-state index in [-0.39, 0.29) is 17.2 Å². The molecule has 0 unspecified atom stereocenters. The number of benzene rings is 3. The molecular formula is C25H26N2O6S2. The summed E-state index contributed by atoms with van der Waals surface area (Å²) < 4.78 is 57.1. The van der Waals surface area contributed by atoms with E-state index in [1.54, 1.807) is 67.6 Å². The highest BCUT2D eigenvalue weighted by molar-refractivity contribution is 7.92. The van der Waals surface area contributed by atoms with Crippen molar-refractivity contribution < 1.29 is 26.4 Å². The zero-order valence-corrected chi connectivity index (χ0v) is 20.9. The van der Waals surface area contributed by atoms with Crippen LogP contribution in [0.4, 0.5) is 5.69 Å². The predicted octanol–water partition coefficient (Wildman–Crippen LogP) is 3.06. The highest BCUT2D eigenvalue weighted by Crippen LogP contribution is 2.36. The third-order valence-electron chi connectivity index (χ3n) is 5.72. The van der Waals surface area contributed by atoms with E-state index in [1.165, 1.54) is 16.4 Å². The van der Waals surface area contributed by atoms with Crippen LogP contribution in [0.1, 0.15) is 24.1 Å². The number of amides is 1. The van der Waals surface area contributed by atoms with Crippen molar-refractivity contribution in [1.82, 2.24) is 5.32 Å². The molecule has 0 bridgehead atoms. The van der Waals surface area contributed by atoms with Crippen molar-refractivity contribution in [3.05, 3.63) is 90.0 Å². The van der Waals surface area contributed by atoms with Crippen LogP contribution >= 0.6 is 0 Å². The number of ether oxygens (including phenoxy) is 1. The Morgan fingerprint density at radius 2 is 1.60 bits per heavy atom. The number of hydrogen-bond donors (Lipinski definition) is 1. The summed E-state index contributed by atoms with van der Waals surface area (Å²) in [4.78, 5) is 13.3. The molecule has 1 heterocycles. The monoisotopic (exact) mass is 514 g/mol. The average molecular weight is 515 g/mol. The molecule has 0 radical (unpaired) electrons. The zero-order chi connectivity index (χ0) is 25.2. The Morgan fingerprint density at radius 1 is 0.971 bits per heavy atom. The van der Waals surface area contributed by atoms with Crippen molar-refractivity contribution in [3.8, 4) is 5.75 Å². The lowest BCUT2D eigenvalue weighted by Gasteiger charge is -2.35. The normalized spacial score (nSPS) is 16.6. The third-order valence-corrected chi connectivity index (χ3v) is 8.57. The zero-order valence-electron chi connectivity index (χ0n) is 19.3. The summed E-state index contributed by atoms with van der Waals surface area (Å²) in [5, 5.41) is 2.84. The van der Waals surface area contributed by atoms with E-state index in [1.807, 2.05) is 6.07 Å². The molecule has 1 aliphatic rings. The first-order chi connectivity index (χ1) is 16.5. The fraction of sp³-hybridized carbons (Fsp3) is 0.240. The number of rotatable bonds is 7. The largest absolute Gasteiger partial charge is 0.476 e. The first-order valence-corrected chi connectivity index (χ1v) is 14.4. The number of nitrogens with zero attached hydrogens (tertiary/aromatic N) is 1. The van der Waals surface area contributed by atoms with Gasteiger partial charge in [-0.15, -0.1) is 0 Å². The molecule has 3 aromatic rings. The lowest BCUT2D eigenvalue weighted by atomic mass is 10.1. The average Bonchev–Trinajstić information content (AvgIpc) is 2.83. The molecule has 2 atom stereocenters. The van der Waals surface area contributed by atoms with Crippen molar-refractivity contribution in [2.24, 2.45) is 0 Å². The van der Waals surface area contributed by atoms with Gasteiger partial charge in [0, 0.05) is 6.26 Å². The first-order valence-electron chi connectivity index (χ1n) is 10.9. The first kappa shape index (κ1) is 24.7. The predicted molar refractivity (Wildman–Crippen MR) is 133 cm³/mol. The van der Waals surface area contributed by atoms with Gasteiger partial charge in [-0.3, -0.25) is 9.10 Å². The Morgan fingerprint density at radius 3 is 2.26 bits per heavy atom. The number of carbonyl (C=O) groups is 1. The molecular weight excluding hydrogens is 488 g/mol. The molecule has 0 saturated carbocycles. The van der Waals surface area contributed by atoms with Crippen molar-refractivity contribution in [3.63, 3.8) is 0 Å². The SMILES string of the molecule is C[C@@H](NC(=O)[C@@H]1CN(S(=O)(=O)Cc2ccccc2)c2ccccc2O1)c1ccc(S(C)(=O)=O)cc1. The van der Waals surface area contributed by atoms with E-state index in [4.69, 9.17) is 4.74 Å². The molecule has 0 saturated heterocycles. The van der Waals surface area contributed by atoms with E-state index in [9.17, 15) is 21.6 Å². The molecule has 0 aromatic heterocycles. The van der Waals surface area contributed by atoms with Gasteiger partial charge in [-0.05, 0) is 42.3 Å². The number of nitrogens with one attached hydrogen (secondary N) is 1. The van der Waals surface area contributed by atoms with E-state index in [0.717, 1.165) is 6.26 Å². The molecule has 1 amide bonds. The maximum atomic E-state index is 13.3. The lowest BCUT2D eigenvalue weighted by molar-refractivity contribution is -0.128. The molecule has 0 fully saturated rings. The van der Waals surface area contributed by atoms with E-state index in [2.05, 4.69) is 5.32 Å². The molecule has 0 aliphatic carbocycles. The second-order valence-corrected chi connectivity index (χ2v) is 12.3. The van der Waals surface area contributed by atoms with Crippen LogP contribution in [-0.2, 0) is 30.4 Å². The third kappa shape index (κ3) is 5.66. The fourth-order valence-electron chi connectivity index (χ4n) is 3.86. The van der Waals surface area contributed by atoms with E-state index in [0.29, 0.717) is 22.6 Å². The Labute approximate surface area is 205 Å². The van der Waals surface area contributed by atoms with Crippen LogP contribution < -0.4 is 14.4 Å². The van der Waals surface area contributed by atoms with E-state index >= 15 is 0 Å². The molecule has 1 N–H and O–H groups in total. The number of sulfonamides is 1. The molecule has 8 nitrogen and oxygen atoms in total. The van der Waals surface area contributed by atoms with E-state index < -0.39 is 37.9 Å². The van der Waals surface area contributed by atoms with Gasteiger partial charge in [0.15, 0.2) is 15.9 Å². The molecule has 184 valence electrons. The van der Waals surface area contributed by atoms with Gasteiger partial charge in [0.25, 0.3) is 5.91 Å². The number of carbonyl (C=O) groups excluding carboxylic acids is 1. The van der Waals surface area contributed by atoms with Gasteiger partial charge in [0.05, 0.1) is 28.9 Å². The number of anilines is 1. The smallest absolute Gasteiger partial charge is 0.263 e. The lowest BCUT2D eigenvalue weighted by Crippen LogP contribution is -2.51. The Hall–Kier alpha value is -3.37. The number of fused-ring (bicyclic) bond motifs is 1. The molecule has 10 heteroatoms. The van der Waals surface area contributed by atoms with Gasteiger partial charge >= 0.3 is 0 Å². The summed E-state index contributed by atoms with van der Waals surface area (Å²) >= 11 is 0. The highest BCUT2D eigenvalue weighted by Gasteiger charge is 2.37. The standard InChI is InChI=1S/C25H26N2O6S2/c1-18(20-12-14-21(15-13-20)34(2,29)30)26-25(28)24-16-27(22-10-6-7-11-23(22)33-24)35(31,32)17-19-8-4-3-5-9-19/h3-15,18,24H,16-17H2,1-2H3,(H,26,28)/t18-,24+/m1/s1. The molecule has 3 aromatic carbocycles. The van der Waals surface area contributed by atoms with Crippen LogP contribution in [-0.4, -0.2) is 41.6 Å². The van der Waals surface area contributed by atoms with Gasteiger partial charge in [0.1, 0.15) is 5.75 Å². The minimum Gasteiger partial charge on any atom is -0.476 e. The van der Waals surface area contributed by atoms with Crippen LogP contribution in [0.25, 0.3) is 0 Å². The number of hydrogen-bond acceptors (Lipinski definition) is 6. The maximum Gasteiger partial charge on any atom is 0.263 e. The summed E-state index contributed by atoms with van der Waals surface area (Å²) in [6.07, 6.45) is 0.0662. The quantitative estimate of drug-likeness (QED) is 0.519. The Kier molecular flexibility index (Phi) is 6.86. The van der Waals surface area contributed by atoms with Crippen LogP contribution in [0.3, 0.4) is 0 Å². The second kappa shape index (κ2) is 9.71. The van der Waals surface area contributed by atoms with Gasteiger partial charge in [-0.1, -0.05) is 54.6 Å². The summed E-state index contributed by atoms with van der Waals surface area (Å²) in [5.74, 6) is -0.376. The molecule has 1 aliphatic heterocycles. The van der Waals surface area contributed by atoms with Crippen molar-refractivity contribution in [2.45, 2.75) is 29.7 Å². The molecule has 35 heavy (non-hydrogen) atoms. The number of sulfone groups is 1. The summed E-state index contributed by atoms with van der Waals surface area (Å²) in [6.45, 7) is 1.59. The van der Waals surface area contributed by atoms with Crippen LogP contribution in [0.5, 0.6) is 5.75 Å². The van der Waals surface area contributed by atoms with Gasteiger partial charge < -0.3 is 10.1 Å². The molecule has 0 spiro atoms. The van der Waals surface area contributed by atoms with Gasteiger partial charge in [0.2, 0.25) is 10.0 Å². The van der Waals surface area contributed by atoms with Crippen molar-refractivity contribution in [1.29, 1.82) is 0 Å². The topological polar surface area (TPSA) is 110 Å². The summed E-state index contributed by atoms with van der Waals surface area (Å²) in [7, 11) is -7.13. The Bertz CT molecular complexity index is 1420. The highest BCUT2D eigenvalue weighted by atomic mass is 32.2. The second-order valence-electron chi connectivity index (χ2n) is 8.42. The summed E-state index contributed by atoms with van der Waals surface area (Å²) in [6, 6.07) is 21.4. The maximum absolute atomic E-state index is 13.3. The Balaban J connectivity index is 1.54. The summed E-state index contributed by atoms with van der Waals surface area (Å²) in [5.41, 5.74) is 1.73. The van der Waals surface area contributed by atoms with Crippen LogP contribution in [0, 0.1) is 0 Å². The van der Waals surface area contributed by atoms with Gasteiger partial charge in [-0.25, -0.2) is 16.8 Å². The van der Waals surface area contributed by atoms with Crippen molar-refractivity contribution >= 4 is 31.5 Å². The minimum atomic E-state index is -3.80. The number of para-hydroxylation sites is 2. The van der Waals surface area contributed by atoms with Gasteiger partial charge in [-0.2, -0.15) is 0 Å².